The summed E-state index contributed by atoms with van der Waals surface area (Å²) in [6.07, 6.45) is 2.33. The predicted molar refractivity (Wildman–Crippen MR) is 68.2 cm³/mol. The molecule has 1 amide bonds. The van der Waals surface area contributed by atoms with Gasteiger partial charge in [0.2, 0.25) is 5.91 Å². The van der Waals surface area contributed by atoms with Gasteiger partial charge in [-0.2, -0.15) is 0 Å². The molecule has 0 aromatic rings. The van der Waals surface area contributed by atoms with E-state index in [0.717, 1.165) is 31.3 Å². The second kappa shape index (κ2) is 6.86. The topological polar surface area (TPSA) is 60.9 Å². The lowest BCUT2D eigenvalue weighted by Gasteiger charge is -2.25. The third-order valence-corrected chi connectivity index (χ3v) is 3.94. The van der Waals surface area contributed by atoms with Gasteiger partial charge in [0.1, 0.15) is 0 Å². The second-order valence-corrected chi connectivity index (χ2v) is 5.42. The Labute approximate surface area is 106 Å². The quantitative estimate of drug-likeness (QED) is 0.747. The van der Waals surface area contributed by atoms with Gasteiger partial charge in [0.15, 0.2) is 0 Å². The van der Waals surface area contributed by atoms with Crippen molar-refractivity contribution in [2.24, 2.45) is 0 Å². The molecule has 17 heavy (non-hydrogen) atoms. The number of aliphatic carboxylic acids is 1. The maximum atomic E-state index is 11.7. The van der Waals surface area contributed by atoms with Gasteiger partial charge in [-0.25, -0.2) is 0 Å². The van der Waals surface area contributed by atoms with Crippen LogP contribution in [0.15, 0.2) is 0 Å². The first-order valence-corrected chi connectivity index (χ1v) is 6.90. The van der Waals surface area contributed by atoms with Crippen molar-refractivity contribution >= 4 is 23.6 Å². The third-order valence-electron chi connectivity index (χ3n) is 3.03. The Morgan fingerprint density at radius 3 is 2.71 bits per heavy atom. The molecule has 1 saturated heterocycles. The van der Waals surface area contributed by atoms with Gasteiger partial charge in [-0.3, -0.25) is 9.59 Å². The van der Waals surface area contributed by atoms with Gasteiger partial charge in [-0.15, -0.1) is 11.8 Å². The van der Waals surface area contributed by atoms with Crippen LogP contribution < -0.4 is 0 Å². The normalized spacial score (nSPS) is 20.5. The Morgan fingerprint density at radius 2 is 2.18 bits per heavy atom. The zero-order valence-electron chi connectivity index (χ0n) is 10.4. The highest BCUT2D eigenvalue weighted by atomic mass is 32.2. The van der Waals surface area contributed by atoms with E-state index in [0.29, 0.717) is 6.04 Å². The van der Waals surface area contributed by atoms with Crippen molar-refractivity contribution in [2.75, 3.05) is 38.7 Å². The van der Waals surface area contributed by atoms with Crippen molar-refractivity contribution in [1.29, 1.82) is 0 Å². The van der Waals surface area contributed by atoms with Crippen LogP contribution in [0.1, 0.15) is 12.8 Å². The summed E-state index contributed by atoms with van der Waals surface area (Å²) >= 11 is 1.15. The number of carboxylic acid groups (broad SMARTS) is 1. The second-order valence-electron chi connectivity index (χ2n) is 4.44. The van der Waals surface area contributed by atoms with E-state index in [1.165, 1.54) is 6.42 Å². The Kier molecular flexibility index (Phi) is 5.77. The van der Waals surface area contributed by atoms with Crippen LogP contribution in [0.2, 0.25) is 0 Å². The lowest BCUT2D eigenvalue weighted by Crippen LogP contribution is -2.40. The van der Waals surface area contributed by atoms with Crippen molar-refractivity contribution in [3.05, 3.63) is 0 Å². The molecule has 1 rings (SSSR count). The number of hydrogen-bond donors (Lipinski definition) is 1. The predicted octanol–water partition coefficient (Wildman–Crippen LogP) is 0.357. The number of nitrogens with zero attached hydrogens (tertiary/aromatic N) is 2. The van der Waals surface area contributed by atoms with Gasteiger partial charge < -0.3 is 14.9 Å². The molecule has 1 aliphatic heterocycles. The van der Waals surface area contributed by atoms with Crippen molar-refractivity contribution in [3.8, 4) is 0 Å². The molecule has 0 spiro atoms. The molecule has 0 bridgehead atoms. The number of hydrogen-bond acceptors (Lipinski definition) is 4. The fourth-order valence-electron chi connectivity index (χ4n) is 1.96. The fourth-order valence-corrected chi connectivity index (χ4v) is 2.64. The first-order valence-electron chi connectivity index (χ1n) is 5.74. The van der Waals surface area contributed by atoms with E-state index in [1.54, 1.807) is 11.9 Å². The summed E-state index contributed by atoms with van der Waals surface area (Å²) < 4.78 is 0. The molecule has 1 fully saturated rings. The standard InChI is InChI=1S/C11H20N2O3S/c1-12-5-3-4-9(12)6-13(2)10(14)7-17-8-11(15)16/h9H,3-8H2,1-2H3,(H,15,16). The monoisotopic (exact) mass is 260 g/mol. The number of amides is 1. The molecule has 0 aromatic carbocycles. The van der Waals surface area contributed by atoms with Gasteiger partial charge in [-0.1, -0.05) is 0 Å². The number of carboxylic acids is 1. The Morgan fingerprint density at radius 1 is 1.47 bits per heavy atom. The maximum absolute atomic E-state index is 11.7. The average Bonchev–Trinajstić information content (AvgIpc) is 2.63. The molecule has 0 aromatic heterocycles. The number of carbonyl (C=O) groups excluding carboxylic acids is 1. The zero-order valence-corrected chi connectivity index (χ0v) is 11.2. The molecule has 1 unspecified atom stereocenters. The van der Waals surface area contributed by atoms with Crippen LogP contribution in [0.4, 0.5) is 0 Å². The van der Waals surface area contributed by atoms with Crippen molar-refractivity contribution in [1.82, 2.24) is 9.80 Å². The first kappa shape index (κ1) is 14.3. The Hall–Kier alpha value is -0.750. The van der Waals surface area contributed by atoms with Crippen LogP contribution in [0.3, 0.4) is 0 Å². The van der Waals surface area contributed by atoms with Crippen LogP contribution >= 0.6 is 11.8 Å². The van der Waals surface area contributed by atoms with Gasteiger partial charge in [0.05, 0.1) is 11.5 Å². The van der Waals surface area contributed by atoms with Crippen LogP contribution in [0.5, 0.6) is 0 Å². The molecule has 0 radical (unpaired) electrons. The molecule has 1 heterocycles. The third kappa shape index (κ3) is 4.95. The summed E-state index contributed by atoms with van der Waals surface area (Å²) in [6, 6.07) is 0.452. The Balaban J connectivity index is 2.24. The molecule has 6 heteroatoms. The molecular formula is C11H20N2O3S. The van der Waals surface area contributed by atoms with Gasteiger partial charge in [0, 0.05) is 19.6 Å². The summed E-state index contributed by atoms with van der Waals surface area (Å²) in [5, 5.41) is 8.48. The van der Waals surface area contributed by atoms with Gasteiger partial charge in [0.25, 0.3) is 0 Å². The summed E-state index contributed by atoms with van der Waals surface area (Å²) in [5.41, 5.74) is 0. The van der Waals surface area contributed by atoms with E-state index >= 15 is 0 Å². The molecule has 1 aliphatic rings. The summed E-state index contributed by atoms with van der Waals surface area (Å²) in [4.78, 5) is 26.0. The number of carbonyl (C=O) groups is 2. The highest BCUT2D eigenvalue weighted by Crippen LogP contribution is 2.15. The van der Waals surface area contributed by atoms with E-state index in [1.807, 2.05) is 0 Å². The van der Waals surface area contributed by atoms with E-state index in [-0.39, 0.29) is 17.4 Å². The smallest absolute Gasteiger partial charge is 0.313 e. The molecule has 5 nitrogen and oxygen atoms in total. The van der Waals surface area contributed by atoms with Crippen molar-refractivity contribution < 1.29 is 14.7 Å². The van der Waals surface area contributed by atoms with Crippen LogP contribution in [0.25, 0.3) is 0 Å². The first-order chi connectivity index (χ1) is 8.00. The lowest BCUT2D eigenvalue weighted by atomic mass is 10.2. The van der Waals surface area contributed by atoms with Crippen molar-refractivity contribution in [2.45, 2.75) is 18.9 Å². The molecule has 1 N–H and O–H groups in total. The molecule has 0 saturated carbocycles. The molecule has 0 aliphatic carbocycles. The summed E-state index contributed by atoms with van der Waals surface area (Å²) in [7, 11) is 3.87. The SMILES string of the molecule is CN(CC1CCCN1C)C(=O)CSCC(=O)O. The number of likely N-dealkylation sites (N-methyl/N-ethyl adjacent to an activating group) is 2. The number of likely N-dealkylation sites (tertiary alicyclic amines) is 1. The minimum absolute atomic E-state index is 0.0107. The minimum Gasteiger partial charge on any atom is -0.481 e. The lowest BCUT2D eigenvalue weighted by molar-refractivity contribution is -0.133. The number of thioether (sulfide) groups is 1. The summed E-state index contributed by atoms with van der Waals surface area (Å²) in [5.74, 6) is -0.625. The van der Waals surface area contributed by atoms with Crippen LogP contribution in [-0.2, 0) is 9.59 Å². The summed E-state index contributed by atoms with van der Waals surface area (Å²) in [6.45, 7) is 1.84. The van der Waals surface area contributed by atoms with E-state index < -0.39 is 5.97 Å². The zero-order chi connectivity index (χ0) is 12.8. The van der Waals surface area contributed by atoms with E-state index in [4.69, 9.17) is 5.11 Å². The van der Waals surface area contributed by atoms with Crippen LogP contribution in [-0.4, -0.2) is 71.5 Å². The van der Waals surface area contributed by atoms with Crippen LogP contribution in [0, 0.1) is 0 Å². The van der Waals surface area contributed by atoms with E-state index in [9.17, 15) is 9.59 Å². The maximum Gasteiger partial charge on any atom is 0.313 e. The molecule has 1 atom stereocenters. The van der Waals surface area contributed by atoms with Gasteiger partial charge >= 0.3 is 5.97 Å². The highest BCUT2D eigenvalue weighted by Gasteiger charge is 2.23. The van der Waals surface area contributed by atoms with Gasteiger partial charge in [-0.05, 0) is 26.4 Å². The van der Waals surface area contributed by atoms with E-state index in [2.05, 4.69) is 11.9 Å². The minimum atomic E-state index is -0.874. The largest absolute Gasteiger partial charge is 0.481 e. The molecular weight excluding hydrogens is 240 g/mol. The highest BCUT2D eigenvalue weighted by molar-refractivity contribution is 8.00. The average molecular weight is 260 g/mol. The van der Waals surface area contributed by atoms with Crippen molar-refractivity contribution in [3.63, 3.8) is 0 Å². The molecule has 98 valence electrons. The number of rotatable bonds is 6. The fraction of sp³-hybridized carbons (Fsp3) is 0.818. The Bertz CT molecular complexity index is 286.